The molecule has 5 fully saturated rings. The molecule has 1 heteroatoms. The summed E-state index contributed by atoms with van der Waals surface area (Å²) in [6, 6.07) is 0. The van der Waals surface area contributed by atoms with E-state index in [1.54, 1.807) is 0 Å². The molecule has 1 aliphatic heterocycles. The molecule has 0 N–H and O–H groups in total. The second-order valence-corrected chi connectivity index (χ2v) is 12.9. The van der Waals surface area contributed by atoms with Gasteiger partial charge in [-0.15, -0.1) is 0 Å². The number of hydrogen-bond donors (Lipinski definition) is 0. The summed E-state index contributed by atoms with van der Waals surface area (Å²) in [6.45, 7) is 19.7. The van der Waals surface area contributed by atoms with Gasteiger partial charge in [-0.3, -0.25) is 0 Å². The van der Waals surface area contributed by atoms with Crippen LogP contribution >= 0.6 is 0 Å². The fourth-order valence-corrected chi connectivity index (χ4v) is 6.47. The highest BCUT2D eigenvalue weighted by atomic mass is 16.6. The van der Waals surface area contributed by atoms with Crippen molar-refractivity contribution in [1.82, 2.24) is 0 Å². The summed E-state index contributed by atoms with van der Waals surface area (Å²) in [5.74, 6) is 4.13. The second kappa shape index (κ2) is 11.2. The molecule has 1 nitrogen and oxygen atoms in total. The van der Waals surface area contributed by atoms with Gasteiger partial charge in [-0.25, -0.2) is 0 Å². The summed E-state index contributed by atoms with van der Waals surface area (Å²) < 4.78 is 4.90. The highest BCUT2D eigenvalue weighted by Crippen LogP contribution is 2.67. The van der Waals surface area contributed by atoms with E-state index in [4.69, 9.17) is 4.74 Å². The Labute approximate surface area is 192 Å². The zero-order chi connectivity index (χ0) is 22.4. The standard InChI is InChI=1S/C11H20.2C7H14.C4H8O.H2/c1-8-7-9-5-6-11(8,4)10(9,2)3;1-7-5-3-2-4-6-7;1-2-7-5-3-4-6-7;1-4(2)3-5-4;/h8-9H,5-7H2,1-4H3;2*7H,2-6H2,1H3;3H2,1-2H3;1H. The molecule has 0 spiro atoms. The van der Waals surface area contributed by atoms with E-state index in [-0.39, 0.29) is 7.03 Å². The SMILES string of the molecule is CC1(C)CO1.CC1CC2CCC1(C)C2(C)C.CC1CCCCC1.CCC1CCCC1.[HH]. The fraction of sp³-hybridized carbons (Fsp3) is 1.00. The molecule has 0 aromatic carbocycles. The predicted octanol–water partition coefficient (Wildman–Crippen LogP) is 9.68. The Balaban J connectivity index is 0.000000213. The molecule has 3 unspecified atom stereocenters. The molecule has 4 aliphatic carbocycles. The first kappa shape index (κ1) is 26.2. The summed E-state index contributed by atoms with van der Waals surface area (Å²) in [4.78, 5) is 0. The van der Waals surface area contributed by atoms with Gasteiger partial charge in [0.2, 0.25) is 0 Å². The molecule has 30 heavy (non-hydrogen) atoms. The lowest BCUT2D eigenvalue weighted by Crippen LogP contribution is -2.30. The number of rotatable bonds is 1. The molecular weight excluding hydrogens is 364 g/mol. The average Bonchev–Trinajstić information content (AvgIpc) is 3.06. The maximum Gasteiger partial charge on any atom is 0.0860 e. The van der Waals surface area contributed by atoms with Crippen molar-refractivity contribution in [3.63, 3.8) is 0 Å². The van der Waals surface area contributed by atoms with Crippen molar-refractivity contribution in [3.05, 3.63) is 0 Å². The van der Waals surface area contributed by atoms with Gasteiger partial charge in [0.05, 0.1) is 12.2 Å². The third-order valence-electron chi connectivity index (χ3n) is 9.90. The van der Waals surface area contributed by atoms with Crippen molar-refractivity contribution in [3.8, 4) is 0 Å². The van der Waals surface area contributed by atoms with Gasteiger partial charge in [0, 0.05) is 1.43 Å². The van der Waals surface area contributed by atoms with Crippen molar-refractivity contribution >= 4 is 0 Å². The van der Waals surface area contributed by atoms with Crippen LogP contribution in [-0.4, -0.2) is 12.2 Å². The van der Waals surface area contributed by atoms with Crippen LogP contribution in [0.15, 0.2) is 0 Å². The Kier molecular flexibility index (Phi) is 9.79. The van der Waals surface area contributed by atoms with Crippen molar-refractivity contribution in [1.29, 1.82) is 0 Å². The van der Waals surface area contributed by atoms with E-state index in [0.717, 1.165) is 30.3 Å². The predicted molar refractivity (Wildman–Crippen MR) is 135 cm³/mol. The summed E-state index contributed by atoms with van der Waals surface area (Å²) in [5, 5.41) is 0. The first-order chi connectivity index (χ1) is 14.0. The minimum atomic E-state index is 0. The molecule has 5 rings (SSSR count). The van der Waals surface area contributed by atoms with Crippen molar-refractivity contribution in [2.75, 3.05) is 6.61 Å². The van der Waals surface area contributed by atoms with Gasteiger partial charge in [0.15, 0.2) is 0 Å². The van der Waals surface area contributed by atoms with Gasteiger partial charge in [-0.1, -0.05) is 106 Å². The van der Waals surface area contributed by atoms with Crippen LogP contribution in [-0.2, 0) is 4.74 Å². The minimum Gasteiger partial charge on any atom is -0.370 e. The number of ether oxygens (including phenoxy) is 1. The molecule has 0 radical (unpaired) electrons. The lowest BCUT2D eigenvalue weighted by atomic mass is 9.67. The Morgan fingerprint density at radius 2 is 1.30 bits per heavy atom. The molecule has 0 aromatic rings. The Morgan fingerprint density at radius 1 is 0.800 bits per heavy atom. The third-order valence-corrected chi connectivity index (χ3v) is 9.90. The van der Waals surface area contributed by atoms with Gasteiger partial charge >= 0.3 is 0 Å². The van der Waals surface area contributed by atoms with E-state index < -0.39 is 0 Å². The van der Waals surface area contributed by atoms with Crippen LogP contribution in [0, 0.1) is 34.5 Å². The Hall–Kier alpha value is -0.0400. The quantitative estimate of drug-likeness (QED) is 0.383. The van der Waals surface area contributed by atoms with E-state index in [2.05, 4.69) is 55.4 Å². The summed E-state index contributed by atoms with van der Waals surface area (Å²) in [6.07, 6.45) is 19.3. The maximum absolute atomic E-state index is 4.90. The molecule has 2 bridgehead atoms. The fourth-order valence-electron chi connectivity index (χ4n) is 6.47. The normalized spacial score (nSPS) is 36.0. The molecule has 5 aliphatic rings. The topological polar surface area (TPSA) is 12.5 Å². The largest absolute Gasteiger partial charge is 0.370 e. The van der Waals surface area contributed by atoms with Crippen LogP contribution < -0.4 is 0 Å². The van der Waals surface area contributed by atoms with Gasteiger partial charge in [-0.05, 0) is 67.6 Å². The van der Waals surface area contributed by atoms with Crippen LogP contribution in [0.5, 0.6) is 0 Å². The van der Waals surface area contributed by atoms with Crippen molar-refractivity contribution < 1.29 is 6.16 Å². The van der Waals surface area contributed by atoms with E-state index >= 15 is 0 Å². The van der Waals surface area contributed by atoms with E-state index in [9.17, 15) is 0 Å². The molecule has 180 valence electrons. The average molecular weight is 423 g/mol. The molecule has 0 aromatic heterocycles. The van der Waals surface area contributed by atoms with Gasteiger partial charge in [0.25, 0.3) is 0 Å². The van der Waals surface area contributed by atoms with Gasteiger partial charge in [-0.2, -0.15) is 0 Å². The van der Waals surface area contributed by atoms with Gasteiger partial charge < -0.3 is 4.74 Å². The maximum atomic E-state index is 4.90. The highest BCUT2D eigenvalue weighted by Gasteiger charge is 2.59. The van der Waals surface area contributed by atoms with Crippen LogP contribution in [0.1, 0.15) is 140 Å². The molecule has 1 heterocycles. The Bertz CT molecular complexity index is 481. The minimum absolute atomic E-state index is 0. The zero-order valence-electron chi connectivity index (χ0n) is 22.1. The van der Waals surface area contributed by atoms with Crippen molar-refractivity contribution in [2.24, 2.45) is 34.5 Å². The number of fused-ring (bicyclic) bond motifs is 2. The summed E-state index contributed by atoms with van der Waals surface area (Å²) >= 11 is 0. The summed E-state index contributed by atoms with van der Waals surface area (Å²) in [7, 11) is 0. The first-order valence-electron chi connectivity index (χ1n) is 13.7. The molecule has 3 atom stereocenters. The highest BCUT2D eigenvalue weighted by molar-refractivity contribution is 5.08. The summed E-state index contributed by atoms with van der Waals surface area (Å²) in [5.41, 5.74) is 1.55. The third kappa shape index (κ3) is 7.25. The number of hydrogen-bond acceptors (Lipinski definition) is 1. The number of epoxide rings is 1. The molecular formula is C29H58O. The van der Waals surface area contributed by atoms with E-state index in [1.807, 2.05) is 0 Å². The van der Waals surface area contributed by atoms with Crippen molar-refractivity contribution in [2.45, 2.75) is 144 Å². The molecule has 1 saturated heterocycles. The zero-order valence-corrected chi connectivity index (χ0v) is 22.1. The van der Waals surface area contributed by atoms with E-state index in [1.165, 1.54) is 83.5 Å². The Morgan fingerprint density at radius 3 is 1.50 bits per heavy atom. The van der Waals surface area contributed by atoms with Gasteiger partial charge in [0.1, 0.15) is 0 Å². The second-order valence-electron chi connectivity index (χ2n) is 12.9. The molecule has 4 saturated carbocycles. The van der Waals surface area contributed by atoms with E-state index in [0.29, 0.717) is 10.8 Å². The smallest absolute Gasteiger partial charge is 0.0860 e. The monoisotopic (exact) mass is 422 g/mol. The lowest BCUT2D eigenvalue weighted by Gasteiger charge is -2.37. The van der Waals surface area contributed by atoms with Crippen LogP contribution in [0.25, 0.3) is 0 Å². The van der Waals surface area contributed by atoms with Crippen LogP contribution in [0.3, 0.4) is 0 Å². The first-order valence-corrected chi connectivity index (χ1v) is 13.7. The molecule has 0 amide bonds. The lowest BCUT2D eigenvalue weighted by molar-refractivity contribution is 0.112. The van der Waals surface area contributed by atoms with Crippen LogP contribution in [0.4, 0.5) is 0 Å². The van der Waals surface area contributed by atoms with Crippen LogP contribution in [0.2, 0.25) is 0 Å².